The minimum Gasteiger partial charge on any atom is -0.481 e. The number of carboxylic acids is 3. The second kappa shape index (κ2) is 8.01. The number of hydrogen-bond donors (Lipinski definition) is 5. The fraction of sp³-hybridized carbons (Fsp3) is 0.556. The smallest absolute Gasteiger partial charge is 0.336 e. The van der Waals surface area contributed by atoms with Crippen LogP contribution in [0.15, 0.2) is 0 Å². The maximum atomic E-state index is 10.3. The monoisotopic (exact) mass is 265 g/mol. The largest absolute Gasteiger partial charge is 0.481 e. The molecule has 0 aliphatic rings. The number of nitrogens with two attached hydrogens (primary N) is 1. The standard InChI is InChI=1S/C6H8O7.C3H7NO/c7-3(8)1-6(13,5(11)12)2-4(9)10;1-2-3(4)5/h13H,1-2H2,(H,7,8)(H,9,10)(H,11,12);2H2,1H3,(H2,4,5). The first-order valence-corrected chi connectivity index (χ1v) is 4.72. The van der Waals surface area contributed by atoms with E-state index >= 15 is 0 Å². The molecule has 18 heavy (non-hydrogen) atoms. The van der Waals surface area contributed by atoms with E-state index in [0.29, 0.717) is 6.42 Å². The van der Waals surface area contributed by atoms with E-state index in [9.17, 15) is 19.2 Å². The lowest BCUT2D eigenvalue weighted by atomic mass is 9.96. The van der Waals surface area contributed by atoms with Gasteiger partial charge < -0.3 is 26.2 Å². The van der Waals surface area contributed by atoms with Gasteiger partial charge in [0.2, 0.25) is 5.91 Å². The number of aliphatic carboxylic acids is 3. The Morgan fingerprint density at radius 2 is 1.28 bits per heavy atom. The fourth-order valence-electron chi connectivity index (χ4n) is 0.714. The van der Waals surface area contributed by atoms with Crippen LogP contribution in [0.2, 0.25) is 0 Å². The molecule has 9 heteroatoms. The molecule has 0 unspecified atom stereocenters. The molecule has 1 amide bonds. The van der Waals surface area contributed by atoms with Gasteiger partial charge in [0.25, 0.3) is 0 Å². The van der Waals surface area contributed by atoms with Gasteiger partial charge in [0, 0.05) is 6.42 Å². The van der Waals surface area contributed by atoms with Crippen LogP contribution in [0.5, 0.6) is 0 Å². The Morgan fingerprint density at radius 1 is 1.00 bits per heavy atom. The zero-order chi connectivity index (χ0) is 14.9. The molecule has 0 heterocycles. The van der Waals surface area contributed by atoms with E-state index in [0.717, 1.165) is 0 Å². The van der Waals surface area contributed by atoms with E-state index in [2.05, 4.69) is 5.73 Å². The first kappa shape index (κ1) is 18.2. The Balaban J connectivity index is 0. The predicted octanol–water partition coefficient (Wildman–Crippen LogP) is -1.37. The Kier molecular flexibility index (Phi) is 8.10. The highest BCUT2D eigenvalue weighted by molar-refractivity contribution is 5.88. The Morgan fingerprint density at radius 3 is 1.39 bits per heavy atom. The molecule has 0 aliphatic carbocycles. The van der Waals surface area contributed by atoms with Gasteiger partial charge in [-0.1, -0.05) is 6.92 Å². The van der Waals surface area contributed by atoms with E-state index in [1.165, 1.54) is 0 Å². The van der Waals surface area contributed by atoms with Gasteiger partial charge in [0.15, 0.2) is 5.60 Å². The highest BCUT2D eigenvalue weighted by Gasteiger charge is 2.40. The number of hydrogen-bond acceptors (Lipinski definition) is 5. The van der Waals surface area contributed by atoms with Crippen molar-refractivity contribution in [3.63, 3.8) is 0 Å². The third-order valence-corrected chi connectivity index (χ3v) is 1.63. The molecular formula is C9H15NO8. The van der Waals surface area contributed by atoms with E-state index in [4.69, 9.17) is 20.4 Å². The van der Waals surface area contributed by atoms with Gasteiger partial charge >= 0.3 is 17.9 Å². The van der Waals surface area contributed by atoms with Crippen molar-refractivity contribution in [2.45, 2.75) is 31.8 Å². The molecular weight excluding hydrogens is 250 g/mol. The second-order valence-electron chi connectivity index (χ2n) is 3.30. The van der Waals surface area contributed by atoms with Gasteiger partial charge in [-0.25, -0.2) is 4.79 Å². The third kappa shape index (κ3) is 9.09. The van der Waals surface area contributed by atoms with E-state index in [1.54, 1.807) is 6.92 Å². The summed E-state index contributed by atoms with van der Waals surface area (Å²) >= 11 is 0. The molecule has 0 saturated carbocycles. The van der Waals surface area contributed by atoms with Gasteiger partial charge in [-0.3, -0.25) is 14.4 Å². The molecule has 104 valence electrons. The minimum absolute atomic E-state index is 0.245. The molecule has 0 fully saturated rings. The Bertz CT molecular complexity index is 321. The Hall–Kier alpha value is -2.16. The van der Waals surface area contributed by atoms with Gasteiger partial charge in [-0.05, 0) is 0 Å². The Labute approximate surface area is 102 Å². The first-order valence-electron chi connectivity index (χ1n) is 4.72. The van der Waals surface area contributed by atoms with Crippen molar-refractivity contribution in [1.29, 1.82) is 0 Å². The van der Waals surface area contributed by atoms with Crippen molar-refractivity contribution in [3.8, 4) is 0 Å². The number of primary amides is 1. The minimum atomic E-state index is -2.74. The lowest BCUT2D eigenvalue weighted by molar-refractivity contribution is -0.170. The normalized spacial score (nSPS) is 9.89. The highest BCUT2D eigenvalue weighted by atomic mass is 16.4. The maximum Gasteiger partial charge on any atom is 0.336 e. The predicted molar refractivity (Wildman–Crippen MR) is 56.6 cm³/mol. The van der Waals surface area contributed by atoms with Crippen molar-refractivity contribution in [2.24, 2.45) is 5.73 Å². The number of rotatable bonds is 6. The lowest BCUT2D eigenvalue weighted by Gasteiger charge is -2.18. The van der Waals surface area contributed by atoms with Crippen molar-refractivity contribution >= 4 is 23.8 Å². The number of carbonyl (C=O) groups excluding carboxylic acids is 1. The van der Waals surface area contributed by atoms with Crippen molar-refractivity contribution in [2.75, 3.05) is 0 Å². The van der Waals surface area contributed by atoms with E-state index < -0.39 is 36.4 Å². The number of amides is 1. The number of carboxylic acid groups (broad SMARTS) is 3. The van der Waals surface area contributed by atoms with Crippen LogP contribution in [0.25, 0.3) is 0 Å². The van der Waals surface area contributed by atoms with Crippen LogP contribution in [0.3, 0.4) is 0 Å². The third-order valence-electron chi connectivity index (χ3n) is 1.63. The fourth-order valence-corrected chi connectivity index (χ4v) is 0.714. The highest BCUT2D eigenvalue weighted by Crippen LogP contribution is 2.15. The lowest BCUT2D eigenvalue weighted by Crippen LogP contribution is -2.42. The zero-order valence-corrected chi connectivity index (χ0v) is 9.62. The van der Waals surface area contributed by atoms with Crippen molar-refractivity contribution in [3.05, 3.63) is 0 Å². The SMILES string of the molecule is CCC(N)=O.O=C(O)CC(O)(CC(=O)O)C(=O)O. The molecule has 0 bridgehead atoms. The molecule has 6 N–H and O–H groups in total. The summed E-state index contributed by atoms with van der Waals surface area (Å²) in [6.45, 7) is 1.72. The second-order valence-corrected chi connectivity index (χ2v) is 3.30. The molecule has 0 aliphatic heterocycles. The molecule has 0 atom stereocenters. The van der Waals surface area contributed by atoms with Crippen LogP contribution in [0, 0.1) is 0 Å². The summed E-state index contributed by atoms with van der Waals surface area (Å²) in [7, 11) is 0. The summed E-state index contributed by atoms with van der Waals surface area (Å²) in [5.41, 5.74) is 1.91. The summed E-state index contributed by atoms with van der Waals surface area (Å²) in [5.74, 6) is -5.26. The van der Waals surface area contributed by atoms with Crippen molar-refractivity contribution < 1.29 is 39.6 Å². The van der Waals surface area contributed by atoms with Crippen LogP contribution >= 0.6 is 0 Å². The molecule has 9 nitrogen and oxygen atoms in total. The molecule has 0 saturated heterocycles. The zero-order valence-electron chi connectivity index (χ0n) is 9.62. The van der Waals surface area contributed by atoms with Crippen LogP contribution in [-0.2, 0) is 19.2 Å². The first-order chi connectivity index (χ1) is 8.05. The van der Waals surface area contributed by atoms with Crippen LogP contribution in [0.1, 0.15) is 26.2 Å². The molecule has 0 radical (unpaired) electrons. The van der Waals surface area contributed by atoms with E-state index in [1.807, 2.05) is 0 Å². The van der Waals surface area contributed by atoms with Gasteiger partial charge in [0.05, 0.1) is 12.8 Å². The molecule has 0 aromatic carbocycles. The van der Waals surface area contributed by atoms with Crippen LogP contribution in [-0.4, -0.2) is 49.8 Å². The molecule has 0 spiro atoms. The van der Waals surface area contributed by atoms with Crippen molar-refractivity contribution in [1.82, 2.24) is 0 Å². The quantitative estimate of drug-likeness (QED) is 0.390. The number of aliphatic hydroxyl groups is 1. The van der Waals surface area contributed by atoms with E-state index in [-0.39, 0.29) is 5.91 Å². The summed E-state index contributed by atoms with van der Waals surface area (Å²) < 4.78 is 0. The topological polar surface area (TPSA) is 175 Å². The summed E-state index contributed by atoms with van der Waals surface area (Å²) in [6.07, 6.45) is -1.84. The average molecular weight is 265 g/mol. The summed E-state index contributed by atoms with van der Waals surface area (Å²) in [4.78, 5) is 40.1. The van der Waals surface area contributed by atoms with Gasteiger partial charge in [-0.2, -0.15) is 0 Å². The van der Waals surface area contributed by atoms with Crippen LogP contribution < -0.4 is 5.73 Å². The molecule has 0 aromatic heterocycles. The van der Waals surface area contributed by atoms with Gasteiger partial charge in [-0.15, -0.1) is 0 Å². The van der Waals surface area contributed by atoms with Gasteiger partial charge in [0.1, 0.15) is 0 Å². The summed E-state index contributed by atoms with van der Waals surface area (Å²) in [6, 6.07) is 0. The molecule has 0 aromatic rings. The average Bonchev–Trinajstić information content (AvgIpc) is 2.15. The molecule has 0 rings (SSSR count). The van der Waals surface area contributed by atoms with Crippen LogP contribution in [0.4, 0.5) is 0 Å². The maximum absolute atomic E-state index is 10.3. The number of carbonyl (C=O) groups is 4. The summed E-state index contributed by atoms with van der Waals surface area (Å²) in [5, 5.41) is 33.8.